The van der Waals surface area contributed by atoms with Gasteiger partial charge in [-0.25, -0.2) is 0 Å². The summed E-state index contributed by atoms with van der Waals surface area (Å²) in [5, 5.41) is 0. The summed E-state index contributed by atoms with van der Waals surface area (Å²) >= 11 is 0. The lowest BCUT2D eigenvalue weighted by Gasteiger charge is -2.12. The number of rotatable bonds is 20. The molecule has 0 atom stereocenters. The summed E-state index contributed by atoms with van der Waals surface area (Å²) in [5.41, 5.74) is 0. The van der Waals surface area contributed by atoms with Crippen molar-refractivity contribution in [3.05, 3.63) is 25.7 Å². The Labute approximate surface area is 172 Å². The summed E-state index contributed by atoms with van der Waals surface area (Å²) in [4.78, 5) is 23.6. The molecular formula is C24H42O4. The molecule has 0 aliphatic carbocycles. The maximum Gasteiger partial charge on any atom is 0.325 e. The van der Waals surface area contributed by atoms with Crippen molar-refractivity contribution in [2.24, 2.45) is 5.92 Å². The maximum absolute atomic E-state index is 11.8. The predicted octanol–water partition coefficient (Wildman–Crippen LogP) is 7.24. The molecule has 0 aromatic carbocycles. The molecule has 0 N–H and O–H groups in total. The van der Waals surface area contributed by atoms with Crippen LogP contribution in [0.4, 0.5) is 0 Å². The Morgan fingerprint density at radius 2 is 0.964 bits per heavy atom. The van der Waals surface area contributed by atoms with E-state index in [1.165, 1.54) is 77.0 Å². The van der Waals surface area contributed by atoms with Gasteiger partial charge in [0, 0.05) is 0 Å². The quantitative estimate of drug-likeness (QED) is 0.0945. The highest BCUT2D eigenvalue weighted by Crippen LogP contribution is 2.17. The number of hydrogen-bond acceptors (Lipinski definition) is 4. The van der Waals surface area contributed by atoms with Crippen molar-refractivity contribution in [3.63, 3.8) is 0 Å². The summed E-state index contributed by atoms with van der Waals surface area (Å²) in [6.45, 7) is 8.96. The molecule has 0 fully saturated rings. The van der Waals surface area contributed by atoms with Crippen LogP contribution in [0.2, 0.25) is 0 Å². The van der Waals surface area contributed by atoms with Crippen LogP contribution in [-0.2, 0) is 19.1 Å². The lowest BCUT2D eigenvalue weighted by molar-refractivity contribution is -0.156. The van der Waals surface area contributed by atoms with Gasteiger partial charge in [-0.1, -0.05) is 116 Å². The van der Waals surface area contributed by atoms with Crippen molar-refractivity contribution in [1.29, 1.82) is 0 Å². The zero-order chi connectivity index (χ0) is 20.9. The molecule has 28 heavy (non-hydrogen) atoms. The Balaban J connectivity index is 3.58. The number of carbonyl (C=O) groups is 2. The first-order chi connectivity index (χ1) is 13.7. The maximum atomic E-state index is 11.8. The topological polar surface area (TPSA) is 52.6 Å². The van der Waals surface area contributed by atoms with Gasteiger partial charge in [-0.2, -0.15) is 0 Å². The minimum atomic E-state index is -0.891. The summed E-state index contributed by atoms with van der Waals surface area (Å²) in [5.74, 6) is -2.10. The van der Waals surface area contributed by atoms with E-state index in [4.69, 9.17) is 9.47 Å². The van der Waals surface area contributed by atoms with E-state index in [9.17, 15) is 9.59 Å². The van der Waals surface area contributed by atoms with Crippen molar-refractivity contribution in [1.82, 2.24) is 0 Å². The van der Waals surface area contributed by atoms with Crippen molar-refractivity contribution < 1.29 is 19.1 Å². The first-order valence-corrected chi connectivity index (χ1v) is 11.3. The van der Waals surface area contributed by atoms with Gasteiger partial charge < -0.3 is 9.47 Å². The van der Waals surface area contributed by atoms with Gasteiger partial charge in [0.2, 0.25) is 0 Å². The fourth-order valence-corrected chi connectivity index (χ4v) is 3.38. The van der Waals surface area contributed by atoms with E-state index in [1.54, 1.807) is 0 Å². The van der Waals surface area contributed by atoms with Gasteiger partial charge in [0.25, 0.3) is 0 Å². The van der Waals surface area contributed by atoms with E-state index in [2.05, 4.69) is 20.1 Å². The highest BCUT2D eigenvalue weighted by molar-refractivity contribution is 5.95. The molecule has 0 unspecified atom stereocenters. The molecule has 0 aromatic heterocycles. The molecule has 0 saturated carbocycles. The molecule has 0 saturated heterocycles. The van der Waals surface area contributed by atoms with Crippen molar-refractivity contribution in [3.8, 4) is 0 Å². The summed E-state index contributed by atoms with van der Waals surface area (Å²) in [6.07, 6.45) is 21.7. The largest absolute Gasteiger partial charge is 0.434 e. The minimum absolute atomic E-state index is 0.442. The predicted molar refractivity (Wildman–Crippen MR) is 116 cm³/mol. The van der Waals surface area contributed by atoms with Gasteiger partial charge in [-0.05, 0) is 6.42 Å². The highest BCUT2D eigenvalue weighted by Gasteiger charge is 2.28. The molecule has 4 nitrogen and oxygen atoms in total. The third-order valence-electron chi connectivity index (χ3n) is 5.06. The second-order valence-electron chi connectivity index (χ2n) is 7.50. The zero-order valence-electron chi connectivity index (χ0n) is 18.1. The van der Waals surface area contributed by atoms with E-state index in [1.807, 2.05) is 0 Å². The Bertz CT molecular complexity index is 395. The number of carbonyl (C=O) groups excluding carboxylic acids is 2. The van der Waals surface area contributed by atoms with Crippen LogP contribution >= 0.6 is 0 Å². The highest BCUT2D eigenvalue weighted by atomic mass is 16.5. The van der Waals surface area contributed by atoms with Crippen LogP contribution in [0, 0.1) is 5.92 Å². The average molecular weight is 395 g/mol. The van der Waals surface area contributed by atoms with Crippen molar-refractivity contribution in [2.45, 2.75) is 110 Å². The second-order valence-corrected chi connectivity index (χ2v) is 7.50. The smallest absolute Gasteiger partial charge is 0.325 e. The first-order valence-electron chi connectivity index (χ1n) is 11.3. The van der Waals surface area contributed by atoms with Gasteiger partial charge in [0.15, 0.2) is 5.92 Å². The van der Waals surface area contributed by atoms with Crippen LogP contribution in [0.3, 0.4) is 0 Å². The fourth-order valence-electron chi connectivity index (χ4n) is 3.38. The Morgan fingerprint density at radius 3 is 1.29 bits per heavy atom. The van der Waals surface area contributed by atoms with Crippen LogP contribution in [0.15, 0.2) is 25.7 Å². The Kier molecular flexibility index (Phi) is 19.0. The van der Waals surface area contributed by atoms with E-state index < -0.39 is 17.9 Å². The number of unbranched alkanes of at least 4 members (excludes halogenated alkanes) is 14. The lowest BCUT2D eigenvalue weighted by atomic mass is 9.99. The van der Waals surface area contributed by atoms with Crippen LogP contribution in [0.25, 0.3) is 0 Å². The molecule has 0 heterocycles. The monoisotopic (exact) mass is 394 g/mol. The van der Waals surface area contributed by atoms with Gasteiger partial charge in [-0.15, -0.1) is 0 Å². The SMILES string of the molecule is C=COC(=O)C(CCCCCCCCCCCCCCCCC)C(=O)OC=C. The molecule has 4 heteroatoms. The standard InChI is InChI=1S/C24H42O4/c1-4-7-8-9-10-11-12-13-14-15-16-17-18-19-20-21-22(23(25)27-5-2)24(26)28-6-3/h5-6,22H,2-4,7-21H2,1H3. The third-order valence-corrected chi connectivity index (χ3v) is 5.06. The second kappa shape index (κ2) is 20.2. The van der Waals surface area contributed by atoms with Crippen molar-refractivity contribution >= 4 is 11.9 Å². The normalized spacial score (nSPS) is 10.6. The molecular weight excluding hydrogens is 352 g/mol. The number of esters is 2. The van der Waals surface area contributed by atoms with Gasteiger partial charge in [0.05, 0.1) is 12.5 Å². The van der Waals surface area contributed by atoms with E-state index in [0.29, 0.717) is 6.42 Å². The summed E-state index contributed by atoms with van der Waals surface area (Å²) < 4.78 is 9.47. The molecule has 0 spiro atoms. The molecule has 0 radical (unpaired) electrons. The zero-order valence-corrected chi connectivity index (χ0v) is 18.1. The van der Waals surface area contributed by atoms with Crippen LogP contribution in [-0.4, -0.2) is 11.9 Å². The molecule has 0 amide bonds. The fraction of sp³-hybridized carbons (Fsp3) is 0.750. The van der Waals surface area contributed by atoms with Crippen LogP contribution in [0.5, 0.6) is 0 Å². The molecule has 162 valence electrons. The van der Waals surface area contributed by atoms with Gasteiger partial charge in [-0.3, -0.25) is 9.59 Å². The van der Waals surface area contributed by atoms with Crippen LogP contribution < -0.4 is 0 Å². The molecule has 0 aliphatic rings. The van der Waals surface area contributed by atoms with Gasteiger partial charge in [0.1, 0.15) is 0 Å². The van der Waals surface area contributed by atoms with Gasteiger partial charge >= 0.3 is 11.9 Å². The molecule has 0 rings (SSSR count). The summed E-state index contributed by atoms with van der Waals surface area (Å²) in [7, 11) is 0. The van der Waals surface area contributed by atoms with Crippen LogP contribution in [0.1, 0.15) is 110 Å². The van der Waals surface area contributed by atoms with E-state index >= 15 is 0 Å². The lowest BCUT2D eigenvalue weighted by Crippen LogP contribution is -2.25. The van der Waals surface area contributed by atoms with E-state index in [0.717, 1.165) is 31.8 Å². The number of hydrogen-bond donors (Lipinski definition) is 0. The molecule has 0 aliphatic heterocycles. The summed E-state index contributed by atoms with van der Waals surface area (Å²) in [6, 6.07) is 0. The Morgan fingerprint density at radius 1 is 0.643 bits per heavy atom. The number of ether oxygens (including phenoxy) is 2. The average Bonchev–Trinajstić information content (AvgIpc) is 2.68. The van der Waals surface area contributed by atoms with Crippen molar-refractivity contribution in [2.75, 3.05) is 0 Å². The third kappa shape index (κ3) is 15.5. The Hall–Kier alpha value is -1.58. The first kappa shape index (κ1) is 26.4. The van der Waals surface area contributed by atoms with E-state index in [-0.39, 0.29) is 0 Å². The molecule has 0 aromatic rings. The minimum Gasteiger partial charge on any atom is -0.434 e. The molecule has 0 bridgehead atoms.